The Balaban J connectivity index is 1.86. The van der Waals surface area contributed by atoms with Crippen LogP contribution < -0.4 is 20.9 Å². The zero-order chi connectivity index (χ0) is 20.9. The predicted molar refractivity (Wildman–Crippen MR) is 104 cm³/mol. The van der Waals surface area contributed by atoms with Gasteiger partial charge in [-0.1, -0.05) is 0 Å². The van der Waals surface area contributed by atoms with Crippen molar-refractivity contribution in [1.82, 2.24) is 4.40 Å². The molecule has 3 heterocycles. The van der Waals surface area contributed by atoms with Crippen LogP contribution in [0.2, 0.25) is 0 Å². The van der Waals surface area contributed by atoms with Gasteiger partial charge >= 0.3 is 6.16 Å². The zero-order valence-electron chi connectivity index (χ0n) is 16.1. The first kappa shape index (κ1) is 19.7. The number of aliphatic hydroxyl groups is 1. The molecule has 2 aromatic heterocycles. The molecule has 1 saturated heterocycles. The molecular formula is C20H24FN3O5. The lowest BCUT2D eigenvalue weighted by Gasteiger charge is -2.25. The Bertz CT molecular complexity index is 1030. The molecule has 29 heavy (non-hydrogen) atoms. The molecule has 1 unspecified atom stereocenters. The molecule has 2 aliphatic rings. The highest BCUT2D eigenvalue weighted by Gasteiger charge is 2.33. The number of aliphatic hydroxyl groups excluding tert-OH is 1. The van der Waals surface area contributed by atoms with Gasteiger partial charge in [0.25, 0.3) is 5.56 Å². The number of anilines is 1. The number of rotatable bonds is 5. The summed E-state index contributed by atoms with van der Waals surface area (Å²) in [5, 5.41) is 18.2. The van der Waals surface area contributed by atoms with Crippen LogP contribution in [0.4, 0.5) is 14.9 Å². The zero-order valence-corrected chi connectivity index (χ0v) is 16.1. The Kier molecular flexibility index (Phi) is 4.95. The molecule has 4 N–H and O–H groups in total. The molecule has 2 fully saturated rings. The first-order valence-electron chi connectivity index (χ1n) is 9.72. The van der Waals surface area contributed by atoms with Crippen LogP contribution in [0.5, 0.6) is 5.75 Å². The largest absolute Gasteiger partial charge is 0.511 e. The van der Waals surface area contributed by atoms with E-state index in [4.69, 9.17) is 10.8 Å². The van der Waals surface area contributed by atoms with Gasteiger partial charge in [0.15, 0.2) is 11.6 Å². The number of carboxylic acid groups (broad SMARTS) is 1. The van der Waals surface area contributed by atoms with E-state index in [-0.39, 0.29) is 30.2 Å². The third-order valence-corrected chi connectivity index (χ3v) is 5.98. The summed E-state index contributed by atoms with van der Waals surface area (Å²) in [4.78, 5) is 25.6. The average Bonchev–Trinajstić information content (AvgIpc) is 3.41. The van der Waals surface area contributed by atoms with Crippen molar-refractivity contribution >= 4 is 17.4 Å². The first-order valence-corrected chi connectivity index (χ1v) is 9.72. The molecule has 1 aliphatic heterocycles. The van der Waals surface area contributed by atoms with Gasteiger partial charge in [-0.3, -0.25) is 9.20 Å². The summed E-state index contributed by atoms with van der Waals surface area (Å²) in [6.07, 6.45) is 2.12. The number of aromatic nitrogens is 1. The molecule has 2 aromatic rings. The maximum Gasteiger partial charge on any atom is 0.511 e. The van der Waals surface area contributed by atoms with Crippen molar-refractivity contribution in [3.63, 3.8) is 0 Å². The van der Waals surface area contributed by atoms with Crippen molar-refractivity contribution in [3.8, 4) is 5.75 Å². The summed E-state index contributed by atoms with van der Waals surface area (Å²) >= 11 is 0. The quantitative estimate of drug-likeness (QED) is 0.650. The van der Waals surface area contributed by atoms with E-state index in [1.165, 1.54) is 6.07 Å². The summed E-state index contributed by atoms with van der Waals surface area (Å²) in [6.45, 7) is 2.79. The predicted octanol–water partition coefficient (Wildman–Crippen LogP) is 1.83. The average molecular weight is 405 g/mol. The molecule has 0 radical (unpaired) electrons. The maximum atomic E-state index is 15.1. The standard InChI is InChI=1S/C20H24FN3O5/c1-10-17-13(11-2-3-11)6-16(29-20(27)28)19(26)24(17)8-14(21)18(10)23-5-4-12(7-23)15(22)9-25/h6,8,11-12,15,25H,2-5,7,9,22H2,1H3,(H,27,28)/t12-,15?/m1/s1. The van der Waals surface area contributed by atoms with Crippen molar-refractivity contribution < 1.29 is 24.1 Å². The van der Waals surface area contributed by atoms with Crippen molar-refractivity contribution in [2.45, 2.75) is 38.1 Å². The van der Waals surface area contributed by atoms with Gasteiger partial charge in [-0.25, -0.2) is 9.18 Å². The minimum Gasteiger partial charge on any atom is -0.449 e. The third kappa shape index (κ3) is 3.44. The first-order chi connectivity index (χ1) is 13.8. The Morgan fingerprint density at radius 1 is 1.41 bits per heavy atom. The maximum absolute atomic E-state index is 15.1. The summed E-state index contributed by atoms with van der Waals surface area (Å²) in [6, 6.07) is 1.12. The van der Waals surface area contributed by atoms with Gasteiger partial charge in [-0.15, -0.1) is 0 Å². The molecule has 8 nitrogen and oxygen atoms in total. The molecule has 0 bridgehead atoms. The van der Waals surface area contributed by atoms with Gasteiger partial charge in [-0.2, -0.15) is 0 Å². The van der Waals surface area contributed by atoms with Gasteiger partial charge in [0.1, 0.15) is 0 Å². The Morgan fingerprint density at radius 2 is 2.14 bits per heavy atom. The van der Waals surface area contributed by atoms with E-state index in [0.717, 1.165) is 35.4 Å². The highest BCUT2D eigenvalue weighted by molar-refractivity contribution is 5.74. The fraction of sp³-hybridized carbons (Fsp3) is 0.500. The van der Waals surface area contributed by atoms with E-state index in [0.29, 0.717) is 29.9 Å². The van der Waals surface area contributed by atoms with Crippen LogP contribution >= 0.6 is 0 Å². The number of halogens is 1. The number of hydrogen-bond donors (Lipinski definition) is 3. The van der Waals surface area contributed by atoms with Crippen molar-refractivity contribution in [2.75, 3.05) is 24.6 Å². The molecule has 2 atom stereocenters. The van der Waals surface area contributed by atoms with E-state index in [9.17, 15) is 14.7 Å². The van der Waals surface area contributed by atoms with E-state index < -0.39 is 17.5 Å². The van der Waals surface area contributed by atoms with Gasteiger partial charge in [-0.05, 0) is 55.2 Å². The van der Waals surface area contributed by atoms with E-state index in [1.54, 1.807) is 6.92 Å². The lowest BCUT2D eigenvalue weighted by Crippen LogP contribution is -2.35. The van der Waals surface area contributed by atoms with Crippen LogP contribution in [0.1, 0.15) is 36.3 Å². The second kappa shape index (κ2) is 7.31. The lowest BCUT2D eigenvalue weighted by atomic mass is 10.0. The Morgan fingerprint density at radius 3 is 2.76 bits per heavy atom. The monoisotopic (exact) mass is 405 g/mol. The highest BCUT2D eigenvalue weighted by atomic mass is 19.1. The SMILES string of the molecule is Cc1c(N2CC[C@@H](C(N)CO)C2)c(F)cn2c(=O)c(OC(=O)O)cc(C3CC3)c12. The number of aryl methyl sites for hydroxylation is 1. The number of nitrogens with zero attached hydrogens (tertiary/aromatic N) is 2. The topological polar surface area (TPSA) is 118 Å². The van der Waals surface area contributed by atoms with Crippen LogP contribution in [-0.2, 0) is 0 Å². The summed E-state index contributed by atoms with van der Waals surface area (Å²) in [7, 11) is 0. The van der Waals surface area contributed by atoms with Gasteiger partial charge in [0, 0.05) is 19.1 Å². The highest BCUT2D eigenvalue weighted by Crippen LogP contribution is 2.44. The number of fused-ring (bicyclic) bond motifs is 1. The molecule has 1 aliphatic carbocycles. The molecule has 4 rings (SSSR count). The number of carbonyl (C=O) groups is 1. The molecule has 0 spiro atoms. The third-order valence-electron chi connectivity index (χ3n) is 5.98. The lowest BCUT2D eigenvalue weighted by molar-refractivity contribution is 0.143. The smallest absolute Gasteiger partial charge is 0.449 e. The van der Waals surface area contributed by atoms with E-state index in [1.807, 2.05) is 4.90 Å². The van der Waals surface area contributed by atoms with Crippen molar-refractivity contribution in [3.05, 3.63) is 39.6 Å². The second-order valence-corrected chi connectivity index (χ2v) is 7.92. The fourth-order valence-electron chi connectivity index (χ4n) is 4.37. The van der Waals surface area contributed by atoms with Crippen LogP contribution in [-0.4, -0.2) is 46.5 Å². The number of nitrogens with two attached hydrogens (primary N) is 1. The fourth-order valence-corrected chi connectivity index (χ4v) is 4.37. The minimum atomic E-state index is -1.58. The molecule has 1 saturated carbocycles. The van der Waals surface area contributed by atoms with Gasteiger partial charge < -0.3 is 25.6 Å². The summed E-state index contributed by atoms with van der Waals surface area (Å²) in [5.41, 5.74) is 7.69. The number of hydrogen-bond acceptors (Lipinski definition) is 6. The Labute approximate surface area is 166 Å². The number of ether oxygens (including phenoxy) is 1. The van der Waals surface area contributed by atoms with Crippen LogP contribution in [0.25, 0.3) is 5.52 Å². The molecule has 0 aromatic carbocycles. The Hall–Kier alpha value is -2.65. The van der Waals surface area contributed by atoms with Crippen LogP contribution in [0, 0.1) is 18.7 Å². The van der Waals surface area contributed by atoms with Crippen LogP contribution in [0.15, 0.2) is 17.1 Å². The minimum absolute atomic E-state index is 0.0615. The normalized spacial score (nSPS) is 20.3. The second-order valence-electron chi connectivity index (χ2n) is 7.92. The van der Waals surface area contributed by atoms with Crippen LogP contribution in [0.3, 0.4) is 0 Å². The number of pyridine rings is 2. The van der Waals surface area contributed by atoms with E-state index in [2.05, 4.69) is 4.74 Å². The van der Waals surface area contributed by atoms with E-state index >= 15 is 4.39 Å². The van der Waals surface area contributed by atoms with Crippen molar-refractivity contribution in [2.24, 2.45) is 11.7 Å². The molecule has 9 heteroatoms. The summed E-state index contributed by atoms with van der Waals surface area (Å²) in [5.74, 6) is -0.637. The molecule has 156 valence electrons. The van der Waals surface area contributed by atoms with Crippen molar-refractivity contribution in [1.29, 1.82) is 0 Å². The summed E-state index contributed by atoms with van der Waals surface area (Å²) < 4.78 is 20.9. The molecule has 0 amide bonds. The molecular weight excluding hydrogens is 381 g/mol. The van der Waals surface area contributed by atoms with Gasteiger partial charge in [0.2, 0.25) is 0 Å². The van der Waals surface area contributed by atoms with Gasteiger partial charge in [0.05, 0.1) is 24.0 Å².